The number of ketones is 1. The summed E-state index contributed by atoms with van der Waals surface area (Å²) in [5.74, 6) is 1.03. The van der Waals surface area contributed by atoms with E-state index in [9.17, 15) is 19.5 Å². The highest BCUT2D eigenvalue weighted by Crippen LogP contribution is 2.45. The molecule has 5 rings (SSSR count). The number of fused-ring (bicyclic) bond motifs is 1. The van der Waals surface area contributed by atoms with Crippen molar-refractivity contribution in [2.75, 3.05) is 24.5 Å². The van der Waals surface area contributed by atoms with Gasteiger partial charge in [-0.2, -0.15) is 0 Å². The minimum absolute atomic E-state index is 0.0592. The molecule has 3 heterocycles. The highest BCUT2D eigenvalue weighted by atomic mass is 32.2. The quantitative estimate of drug-likeness (QED) is 0.230. The van der Waals surface area contributed by atoms with Crippen molar-refractivity contribution in [2.24, 2.45) is 23.2 Å². The molecule has 7 nitrogen and oxygen atoms in total. The van der Waals surface area contributed by atoms with Crippen LogP contribution in [0.5, 0.6) is 5.75 Å². The lowest BCUT2D eigenvalue weighted by atomic mass is 9.78. The van der Waals surface area contributed by atoms with Crippen LogP contribution in [-0.4, -0.2) is 57.0 Å². The molecule has 1 aromatic heterocycles. The molecule has 2 amide bonds. The summed E-state index contributed by atoms with van der Waals surface area (Å²) in [5, 5.41) is 13.5. The van der Waals surface area contributed by atoms with Crippen molar-refractivity contribution in [3.8, 4) is 5.75 Å². The van der Waals surface area contributed by atoms with Gasteiger partial charge in [-0.25, -0.2) is 0 Å². The van der Waals surface area contributed by atoms with Crippen LogP contribution in [0, 0.1) is 23.2 Å². The highest BCUT2D eigenvalue weighted by molar-refractivity contribution is 8.00. The largest absolute Gasteiger partial charge is 0.506 e. The standard InChI is InChI=1S/C35H49N3O4S/c1-34(2,3)19-26-25-12-14-28(40)32(31(25)36-33(26)43-35(4,5)6)37-18-17-23(20-37)9-13-27(39)24-10-7-22(8-11-24)21-38-29(41)15-16-30(38)42/h12,14-16,22-24,36,40H,7-11,13,17-21H2,1-6H3. The van der Waals surface area contributed by atoms with Crippen LogP contribution in [0.2, 0.25) is 0 Å². The molecule has 0 spiro atoms. The first-order valence-electron chi connectivity index (χ1n) is 16.1. The van der Waals surface area contributed by atoms with E-state index in [0.717, 1.165) is 69.2 Å². The van der Waals surface area contributed by atoms with Crippen molar-refractivity contribution in [3.63, 3.8) is 0 Å². The Labute approximate surface area is 260 Å². The molecule has 1 saturated carbocycles. The van der Waals surface area contributed by atoms with E-state index in [1.54, 1.807) is 0 Å². The van der Waals surface area contributed by atoms with Gasteiger partial charge in [0.25, 0.3) is 11.8 Å². The zero-order valence-corrected chi connectivity index (χ0v) is 27.6. The third kappa shape index (κ3) is 7.50. The molecule has 2 N–H and O–H groups in total. The summed E-state index contributed by atoms with van der Waals surface area (Å²) in [6, 6.07) is 3.92. The fraction of sp³-hybridized carbons (Fsp3) is 0.629. The molecule has 43 heavy (non-hydrogen) atoms. The zero-order chi connectivity index (χ0) is 31.1. The molecule has 2 aliphatic heterocycles. The Morgan fingerprint density at radius 2 is 1.65 bits per heavy atom. The molecule has 0 radical (unpaired) electrons. The maximum absolute atomic E-state index is 13.2. The molecule has 2 fully saturated rings. The van der Waals surface area contributed by atoms with E-state index in [1.165, 1.54) is 33.0 Å². The number of rotatable bonds is 9. The molecule has 1 atom stereocenters. The molecular weight excluding hydrogens is 558 g/mol. The number of nitrogens with one attached hydrogen (secondary N) is 1. The molecule has 1 unspecified atom stereocenters. The molecule has 1 saturated heterocycles. The topological polar surface area (TPSA) is 93.7 Å². The van der Waals surface area contributed by atoms with Crippen LogP contribution in [0.15, 0.2) is 29.3 Å². The van der Waals surface area contributed by atoms with E-state index in [-0.39, 0.29) is 33.8 Å². The van der Waals surface area contributed by atoms with Gasteiger partial charge in [0.1, 0.15) is 17.2 Å². The number of aromatic amines is 1. The number of aromatic hydroxyl groups is 1. The van der Waals surface area contributed by atoms with Gasteiger partial charge in [-0.15, -0.1) is 11.8 Å². The molecule has 0 bridgehead atoms. The maximum Gasteiger partial charge on any atom is 0.253 e. The lowest BCUT2D eigenvalue weighted by Crippen LogP contribution is -2.36. The number of aromatic nitrogens is 1. The van der Waals surface area contributed by atoms with Gasteiger partial charge in [-0.1, -0.05) is 41.5 Å². The van der Waals surface area contributed by atoms with Gasteiger partial charge in [0.05, 0.1) is 10.5 Å². The number of benzene rings is 1. The third-order valence-electron chi connectivity index (χ3n) is 9.15. The van der Waals surface area contributed by atoms with Gasteiger partial charge in [-0.05, 0) is 79.9 Å². The Morgan fingerprint density at radius 1 is 0.977 bits per heavy atom. The number of hydrogen-bond donors (Lipinski definition) is 2. The second-order valence-electron chi connectivity index (χ2n) is 15.2. The number of amides is 2. The average Bonchev–Trinajstić information content (AvgIpc) is 3.60. The monoisotopic (exact) mass is 607 g/mol. The number of Topliss-reactive ketones (excluding diaryl/α,β-unsaturated/α-hetero) is 1. The van der Waals surface area contributed by atoms with Gasteiger partial charge in [-0.3, -0.25) is 19.3 Å². The number of hydrogen-bond acceptors (Lipinski definition) is 6. The SMILES string of the molecule is CC(C)(C)Cc1c(SC(C)(C)C)[nH]c2c(N3CCC(CCC(=O)C4CCC(CN5C(=O)C=CC5=O)CC4)C3)c(O)ccc12. The van der Waals surface area contributed by atoms with Crippen molar-refractivity contribution in [2.45, 2.75) is 103 Å². The molecule has 8 heteroatoms. The van der Waals surface area contributed by atoms with Crippen LogP contribution in [0.3, 0.4) is 0 Å². The number of phenols is 1. The van der Waals surface area contributed by atoms with Crippen molar-refractivity contribution in [1.82, 2.24) is 9.88 Å². The first kappa shape index (κ1) is 31.7. The summed E-state index contributed by atoms with van der Waals surface area (Å²) in [6.45, 7) is 15.7. The number of imide groups is 1. The Bertz CT molecular complexity index is 1390. The maximum atomic E-state index is 13.2. The number of nitrogens with zero attached hydrogens (tertiary/aromatic N) is 2. The highest BCUT2D eigenvalue weighted by Gasteiger charge is 2.33. The molecule has 234 valence electrons. The first-order valence-corrected chi connectivity index (χ1v) is 16.9. The normalized spacial score (nSPS) is 23.3. The number of carbonyl (C=O) groups excluding carboxylic acids is 3. The molecule has 1 aliphatic carbocycles. The summed E-state index contributed by atoms with van der Waals surface area (Å²) in [4.78, 5) is 44.3. The zero-order valence-electron chi connectivity index (χ0n) is 26.8. The molecule has 2 aromatic rings. The van der Waals surface area contributed by atoms with Gasteiger partial charge >= 0.3 is 0 Å². The Kier molecular flexibility index (Phi) is 9.09. The number of phenolic OH excluding ortho intramolecular Hbond substituents is 1. The first-order chi connectivity index (χ1) is 20.2. The molecule has 3 aliphatic rings. The summed E-state index contributed by atoms with van der Waals surface area (Å²) >= 11 is 1.86. The number of anilines is 1. The number of thioether (sulfide) groups is 1. The van der Waals surface area contributed by atoms with E-state index in [2.05, 4.69) is 57.5 Å². The van der Waals surface area contributed by atoms with Crippen LogP contribution in [-0.2, 0) is 20.8 Å². The second-order valence-corrected chi connectivity index (χ2v) is 17.0. The fourth-order valence-corrected chi connectivity index (χ4v) is 8.12. The third-order valence-corrected chi connectivity index (χ3v) is 10.3. The number of carbonyl (C=O) groups is 3. The van der Waals surface area contributed by atoms with Crippen LogP contribution in [0.4, 0.5) is 5.69 Å². The summed E-state index contributed by atoms with van der Waals surface area (Å²) < 4.78 is 0.0592. The van der Waals surface area contributed by atoms with Crippen LogP contribution >= 0.6 is 11.8 Å². The number of H-pyrrole nitrogens is 1. The van der Waals surface area contributed by atoms with Gasteiger partial charge in [0.15, 0.2) is 0 Å². The summed E-state index contributed by atoms with van der Waals surface area (Å²) in [6.07, 6.45) is 9.59. The Balaban J connectivity index is 1.20. The van der Waals surface area contributed by atoms with Gasteiger partial charge in [0.2, 0.25) is 0 Å². The predicted molar refractivity (Wildman–Crippen MR) is 175 cm³/mol. The van der Waals surface area contributed by atoms with Crippen molar-refractivity contribution in [1.29, 1.82) is 0 Å². The molecule has 1 aromatic carbocycles. The minimum Gasteiger partial charge on any atom is -0.506 e. The average molecular weight is 608 g/mol. The Morgan fingerprint density at radius 3 is 2.28 bits per heavy atom. The summed E-state index contributed by atoms with van der Waals surface area (Å²) in [5.41, 5.74) is 3.38. The lowest BCUT2D eigenvalue weighted by Gasteiger charge is -2.30. The van der Waals surface area contributed by atoms with E-state index >= 15 is 0 Å². The van der Waals surface area contributed by atoms with Crippen molar-refractivity contribution < 1.29 is 19.5 Å². The smallest absolute Gasteiger partial charge is 0.253 e. The molecular formula is C35H49N3O4S. The van der Waals surface area contributed by atoms with E-state index < -0.39 is 0 Å². The van der Waals surface area contributed by atoms with Crippen molar-refractivity contribution in [3.05, 3.63) is 29.8 Å². The van der Waals surface area contributed by atoms with Crippen LogP contribution in [0.1, 0.15) is 92.1 Å². The predicted octanol–water partition coefficient (Wildman–Crippen LogP) is 7.26. The summed E-state index contributed by atoms with van der Waals surface area (Å²) in [7, 11) is 0. The second kappa shape index (κ2) is 12.3. The van der Waals surface area contributed by atoms with Gasteiger partial charge < -0.3 is 15.0 Å². The van der Waals surface area contributed by atoms with Crippen LogP contribution < -0.4 is 4.90 Å². The van der Waals surface area contributed by atoms with E-state index in [1.807, 2.05) is 17.8 Å². The lowest BCUT2D eigenvalue weighted by molar-refractivity contribution is -0.138. The van der Waals surface area contributed by atoms with Crippen molar-refractivity contribution >= 4 is 45.9 Å². The van der Waals surface area contributed by atoms with E-state index in [4.69, 9.17) is 0 Å². The fourth-order valence-electron chi connectivity index (χ4n) is 7.05. The van der Waals surface area contributed by atoms with E-state index in [0.29, 0.717) is 30.4 Å². The van der Waals surface area contributed by atoms with Crippen LogP contribution in [0.25, 0.3) is 10.9 Å². The van der Waals surface area contributed by atoms with Gasteiger partial charge in [0, 0.05) is 54.3 Å². The minimum atomic E-state index is -0.218. The Hall–Kier alpha value is -2.74.